The highest BCUT2D eigenvalue weighted by Gasteiger charge is 2.21. The van der Waals surface area contributed by atoms with E-state index in [1.807, 2.05) is 40.2 Å². The Labute approximate surface area is 120 Å². The highest BCUT2D eigenvalue weighted by atomic mass is 16.4. The fourth-order valence-corrected chi connectivity index (χ4v) is 1.95. The van der Waals surface area contributed by atoms with Crippen LogP contribution < -0.4 is 5.32 Å². The summed E-state index contributed by atoms with van der Waals surface area (Å²) in [6.07, 6.45) is 1.95. The maximum atomic E-state index is 11.0. The lowest BCUT2D eigenvalue weighted by molar-refractivity contribution is -0.139. The predicted octanol–water partition coefficient (Wildman–Crippen LogP) is 1.19. The predicted molar refractivity (Wildman–Crippen MR) is 74.1 cm³/mol. The second kappa shape index (κ2) is 6.56. The van der Waals surface area contributed by atoms with E-state index in [9.17, 15) is 9.59 Å². The Hall–Kier alpha value is -2.83. The van der Waals surface area contributed by atoms with Crippen molar-refractivity contribution >= 4 is 12.1 Å². The van der Waals surface area contributed by atoms with Crippen molar-refractivity contribution in [2.75, 3.05) is 0 Å². The molecule has 21 heavy (non-hydrogen) atoms. The average Bonchev–Trinajstić information content (AvgIpc) is 2.86. The van der Waals surface area contributed by atoms with Crippen molar-refractivity contribution < 1.29 is 19.8 Å². The summed E-state index contributed by atoms with van der Waals surface area (Å²) >= 11 is 0. The topological polar surface area (TPSA) is 104 Å². The van der Waals surface area contributed by atoms with Gasteiger partial charge in [-0.25, -0.2) is 14.6 Å². The number of aliphatic carboxylic acids is 1. The van der Waals surface area contributed by atoms with Crippen molar-refractivity contribution in [3.63, 3.8) is 0 Å². The smallest absolute Gasteiger partial charge is 0.405 e. The van der Waals surface area contributed by atoms with E-state index in [4.69, 9.17) is 10.2 Å². The monoisotopic (exact) mass is 289 g/mol. The molecule has 2 rings (SSSR count). The van der Waals surface area contributed by atoms with Crippen molar-refractivity contribution in [1.82, 2.24) is 14.9 Å². The first-order chi connectivity index (χ1) is 10.0. The van der Waals surface area contributed by atoms with E-state index in [1.165, 1.54) is 0 Å². The SMILES string of the molecule is O=C(O)N[C@@H](Cc1cn(Cc2ccccc2)cn1)C(=O)O. The van der Waals surface area contributed by atoms with Gasteiger partial charge in [0.15, 0.2) is 0 Å². The van der Waals surface area contributed by atoms with E-state index in [-0.39, 0.29) is 6.42 Å². The minimum absolute atomic E-state index is 0.00340. The highest BCUT2D eigenvalue weighted by Crippen LogP contribution is 2.06. The molecule has 110 valence electrons. The first-order valence-corrected chi connectivity index (χ1v) is 6.31. The third-order valence-electron chi connectivity index (χ3n) is 2.90. The number of hydrogen-bond donors (Lipinski definition) is 3. The number of hydrogen-bond acceptors (Lipinski definition) is 3. The highest BCUT2D eigenvalue weighted by molar-refractivity contribution is 5.79. The fraction of sp³-hybridized carbons (Fsp3) is 0.214. The Morgan fingerprint density at radius 3 is 2.57 bits per heavy atom. The van der Waals surface area contributed by atoms with E-state index in [0.717, 1.165) is 5.56 Å². The molecule has 0 aliphatic heterocycles. The summed E-state index contributed by atoms with van der Waals surface area (Å²) in [5.74, 6) is -1.23. The summed E-state index contributed by atoms with van der Waals surface area (Å²) in [7, 11) is 0. The molecule has 0 fully saturated rings. The van der Waals surface area contributed by atoms with Crippen LogP contribution in [0.25, 0.3) is 0 Å². The Kier molecular flexibility index (Phi) is 4.55. The van der Waals surface area contributed by atoms with E-state index < -0.39 is 18.1 Å². The molecule has 0 aliphatic rings. The third kappa shape index (κ3) is 4.34. The molecule has 3 N–H and O–H groups in total. The minimum atomic E-state index is -1.37. The lowest BCUT2D eigenvalue weighted by atomic mass is 10.1. The van der Waals surface area contributed by atoms with Crippen LogP contribution in [0.2, 0.25) is 0 Å². The summed E-state index contributed by atoms with van der Waals surface area (Å²) in [6, 6.07) is 8.55. The van der Waals surface area contributed by atoms with Gasteiger partial charge in [0.05, 0.1) is 12.0 Å². The van der Waals surface area contributed by atoms with Crippen LogP contribution in [-0.4, -0.2) is 37.9 Å². The van der Waals surface area contributed by atoms with Crippen molar-refractivity contribution in [3.8, 4) is 0 Å². The lowest BCUT2D eigenvalue weighted by Crippen LogP contribution is -2.41. The summed E-state index contributed by atoms with van der Waals surface area (Å²) < 4.78 is 1.82. The summed E-state index contributed by atoms with van der Waals surface area (Å²) in [4.78, 5) is 25.6. The van der Waals surface area contributed by atoms with Crippen LogP contribution in [0.4, 0.5) is 4.79 Å². The van der Waals surface area contributed by atoms with Crippen molar-refractivity contribution in [2.45, 2.75) is 19.0 Å². The number of carbonyl (C=O) groups is 2. The zero-order valence-corrected chi connectivity index (χ0v) is 11.1. The molecule has 0 unspecified atom stereocenters. The van der Waals surface area contributed by atoms with Gasteiger partial charge in [-0.2, -0.15) is 0 Å². The standard InChI is InChI=1S/C14H15N3O4/c18-13(19)12(16-14(20)21)6-11-8-17(9-15-11)7-10-4-2-1-3-5-10/h1-5,8-9,12,16H,6-7H2,(H,18,19)(H,20,21)/t12-/m0/s1. The van der Waals surface area contributed by atoms with Gasteiger partial charge >= 0.3 is 12.1 Å². The molecule has 1 atom stereocenters. The van der Waals surface area contributed by atoms with Crippen molar-refractivity contribution in [2.24, 2.45) is 0 Å². The van der Waals surface area contributed by atoms with Crippen LogP contribution in [0.1, 0.15) is 11.3 Å². The molecule has 0 saturated carbocycles. The molecular formula is C14H15N3O4. The van der Waals surface area contributed by atoms with Crippen LogP contribution in [-0.2, 0) is 17.8 Å². The van der Waals surface area contributed by atoms with Gasteiger partial charge in [0.25, 0.3) is 0 Å². The molecular weight excluding hydrogens is 274 g/mol. The first kappa shape index (κ1) is 14.6. The van der Waals surface area contributed by atoms with E-state index in [0.29, 0.717) is 12.2 Å². The zero-order chi connectivity index (χ0) is 15.2. The minimum Gasteiger partial charge on any atom is -0.480 e. The molecule has 2 aromatic rings. The fourth-order valence-electron chi connectivity index (χ4n) is 1.95. The second-order valence-electron chi connectivity index (χ2n) is 4.57. The molecule has 7 heteroatoms. The molecule has 0 saturated heterocycles. The number of carboxylic acid groups (broad SMARTS) is 2. The first-order valence-electron chi connectivity index (χ1n) is 6.31. The Morgan fingerprint density at radius 1 is 1.24 bits per heavy atom. The van der Waals surface area contributed by atoms with Crippen molar-refractivity contribution in [3.05, 3.63) is 54.1 Å². The Morgan fingerprint density at radius 2 is 1.95 bits per heavy atom. The van der Waals surface area contributed by atoms with Crippen LogP contribution >= 0.6 is 0 Å². The molecule has 1 amide bonds. The molecule has 1 aromatic carbocycles. The van der Waals surface area contributed by atoms with Gasteiger partial charge in [-0.15, -0.1) is 0 Å². The summed E-state index contributed by atoms with van der Waals surface area (Å²) in [5, 5.41) is 19.5. The van der Waals surface area contributed by atoms with E-state index >= 15 is 0 Å². The number of amides is 1. The van der Waals surface area contributed by atoms with Crippen LogP contribution in [0.15, 0.2) is 42.9 Å². The number of nitrogens with one attached hydrogen (secondary N) is 1. The van der Waals surface area contributed by atoms with Gasteiger partial charge in [-0.3, -0.25) is 0 Å². The summed E-state index contributed by atoms with van der Waals surface area (Å²) in [6.45, 7) is 0.623. The molecule has 0 bridgehead atoms. The van der Waals surface area contributed by atoms with Gasteiger partial charge in [0.1, 0.15) is 6.04 Å². The van der Waals surface area contributed by atoms with Crippen LogP contribution in [0.3, 0.4) is 0 Å². The van der Waals surface area contributed by atoms with Crippen LogP contribution in [0.5, 0.6) is 0 Å². The molecule has 1 aromatic heterocycles. The summed E-state index contributed by atoms with van der Waals surface area (Å²) in [5.41, 5.74) is 1.62. The molecule has 7 nitrogen and oxygen atoms in total. The Bertz CT molecular complexity index is 624. The molecule has 0 spiro atoms. The normalized spacial score (nSPS) is 11.8. The number of benzene rings is 1. The Balaban J connectivity index is 2.02. The van der Waals surface area contributed by atoms with Gasteiger partial charge in [0, 0.05) is 19.2 Å². The maximum Gasteiger partial charge on any atom is 0.405 e. The number of imidazole rings is 1. The van der Waals surface area contributed by atoms with Gasteiger partial charge in [0.2, 0.25) is 0 Å². The second-order valence-corrected chi connectivity index (χ2v) is 4.57. The molecule has 1 heterocycles. The number of aromatic nitrogens is 2. The molecule has 0 aliphatic carbocycles. The van der Waals surface area contributed by atoms with Crippen LogP contribution in [0, 0.1) is 0 Å². The van der Waals surface area contributed by atoms with Gasteiger partial charge in [-0.1, -0.05) is 30.3 Å². The van der Waals surface area contributed by atoms with Gasteiger partial charge < -0.3 is 20.1 Å². The zero-order valence-electron chi connectivity index (χ0n) is 11.1. The lowest BCUT2D eigenvalue weighted by Gasteiger charge is -2.10. The molecule has 0 radical (unpaired) electrons. The average molecular weight is 289 g/mol. The number of carboxylic acids is 1. The number of nitrogens with zero attached hydrogens (tertiary/aromatic N) is 2. The largest absolute Gasteiger partial charge is 0.480 e. The maximum absolute atomic E-state index is 11.0. The van der Waals surface area contributed by atoms with Gasteiger partial charge in [-0.05, 0) is 5.56 Å². The van der Waals surface area contributed by atoms with E-state index in [1.54, 1.807) is 12.5 Å². The van der Waals surface area contributed by atoms with Crippen molar-refractivity contribution in [1.29, 1.82) is 0 Å². The van der Waals surface area contributed by atoms with E-state index in [2.05, 4.69) is 4.98 Å². The quantitative estimate of drug-likeness (QED) is 0.741. The third-order valence-corrected chi connectivity index (χ3v) is 2.90. The number of rotatable bonds is 6.